The van der Waals surface area contributed by atoms with E-state index in [4.69, 9.17) is 5.11 Å². The van der Waals surface area contributed by atoms with Gasteiger partial charge in [0.15, 0.2) is 9.74 Å². The van der Waals surface area contributed by atoms with Crippen LogP contribution in [0.3, 0.4) is 0 Å². The van der Waals surface area contributed by atoms with Gasteiger partial charge in [-0.1, -0.05) is 6.92 Å². The van der Waals surface area contributed by atoms with Gasteiger partial charge in [-0.15, -0.1) is 0 Å². The lowest BCUT2D eigenvalue weighted by Gasteiger charge is -2.24. The normalized spacial score (nSPS) is 21.8. The molecule has 0 aromatic heterocycles. The zero-order valence-electron chi connectivity index (χ0n) is 9.37. The molecule has 0 aromatic carbocycles. The molecule has 1 saturated heterocycles. The van der Waals surface area contributed by atoms with E-state index in [-0.39, 0.29) is 11.7 Å². The van der Waals surface area contributed by atoms with E-state index in [2.05, 4.69) is 0 Å². The second-order valence-corrected chi connectivity index (χ2v) is 6.66. The Morgan fingerprint density at radius 3 is 2.71 bits per heavy atom. The average Bonchev–Trinajstić information content (AvgIpc) is 2.73. The van der Waals surface area contributed by atoms with Crippen molar-refractivity contribution in [2.75, 3.05) is 12.3 Å². The van der Waals surface area contributed by atoms with E-state index in [1.165, 1.54) is 4.90 Å². The third-order valence-electron chi connectivity index (χ3n) is 2.67. The summed E-state index contributed by atoms with van der Waals surface area (Å²) in [4.78, 5) is 24.2. The molecule has 6 nitrogen and oxygen atoms in total. The quantitative estimate of drug-likeness (QED) is 0.542. The van der Waals surface area contributed by atoms with Gasteiger partial charge in [-0.05, 0) is 23.6 Å². The molecule has 0 bridgehead atoms. The first-order chi connectivity index (χ1) is 7.93. The number of nitrogens with zero attached hydrogens (tertiary/aromatic N) is 1. The van der Waals surface area contributed by atoms with Crippen molar-refractivity contribution in [2.45, 2.75) is 25.8 Å². The Kier molecular flexibility index (Phi) is 5.26. The highest BCUT2D eigenvalue weighted by atomic mass is 33.1. The Labute approximate surface area is 105 Å². The maximum Gasteiger partial charge on any atom is 0.326 e. The molecule has 0 spiro atoms. The number of hydrogen-bond donors (Lipinski definition) is 2. The number of likely N-dealkylation sites (tertiary alicyclic amines) is 1. The van der Waals surface area contributed by atoms with Crippen LogP contribution in [0.25, 0.3) is 0 Å². The SMILES string of the molecule is C[C@H](CS[SH](=O)=O)C(=O)N1CCC[C@H]1C(=O)O. The van der Waals surface area contributed by atoms with Crippen LogP contribution in [0.4, 0.5) is 0 Å². The first-order valence-electron chi connectivity index (χ1n) is 5.24. The van der Waals surface area contributed by atoms with Crippen molar-refractivity contribution in [3.8, 4) is 0 Å². The number of carbonyl (C=O) groups is 2. The molecule has 1 rings (SSSR count). The molecule has 98 valence electrons. The van der Waals surface area contributed by atoms with Gasteiger partial charge in [-0.25, -0.2) is 13.2 Å². The highest BCUT2D eigenvalue weighted by molar-refractivity contribution is 8.64. The van der Waals surface area contributed by atoms with Crippen LogP contribution in [0.1, 0.15) is 19.8 Å². The van der Waals surface area contributed by atoms with Crippen LogP contribution >= 0.6 is 10.8 Å². The van der Waals surface area contributed by atoms with E-state index < -0.39 is 27.7 Å². The summed E-state index contributed by atoms with van der Waals surface area (Å²) in [7, 11) is -1.87. The smallest absolute Gasteiger partial charge is 0.326 e. The summed E-state index contributed by atoms with van der Waals surface area (Å²) in [6.45, 7) is 2.06. The van der Waals surface area contributed by atoms with Gasteiger partial charge in [0.25, 0.3) is 0 Å². The van der Waals surface area contributed by atoms with Gasteiger partial charge in [0, 0.05) is 18.2 Å². The maximum absolute atomic E-state index is 11.9. The minimum atomic E-state index is -2.56. The van der Waals surface area contributed by atoms with Crippen LogP contribution in [0.15, 0.2) is 0 Å². The predicted octanol–water partition coefficient (Wildman–Crippen LogP) is -0.0423. The second kappa shape index (κ2) is 6.25. The molecule has 1 N–H and O–H groups in total. The van der Waals surface area contributed by atoms with E-state index >= 15 is 0 Å². The molecule has 0 saturated carbocycles. The van der Waals surface area contributed by atoms with Crippen LogP contribution in [0, 0.1) is 5.92 Å². The fraction of sp³-hybridized carbons (Fsp3) is 0.778. The Hall–Kier alpha value is -0.760. The average molecular weight is 281 g/mol. The standard InChI is InChI=1S/C9H15NO5S2/c1-6(5-16-17(14)15)8(11)10-4-2-3-7(10)9(12)13/h6-7,17H,2-5H2,1H3,(H,12,13)/t6-,7+/m1/s1. The Bertz CT molecular complexity index is 374. The Morgan fingerprint density at radius 2 is 2.18 bits per heavy atom. The van der Waals surface area contributed by atoms with Crippen LogP contribution in [-0.4, -0.2) is 48.6 Å². The fourth-order valence-electron chi connectivity index (χ4n) is 1.81. The van der Waals surface area contributed by atoms with Crippen LogP contribution < -0.4 is 0 Å². The van der Waals surface area contributed by atoms with Crippen molar-refractivity contribution in [3.63, 3.8) is 0 Å². The van der Waals surface area contributed by atoms with Crippen molar-refractivity contribution in [1.82, 2.24) is 4.90 Å². The largest absolute Gasteiger partial charge is 0.480 e. The number of thiol groups is 1. The molecule has 0 aliphatic carbocycles. The summed E-state index contributed by atoms with van der Waals surface area (Å²) in [5.41, 5.74) is 0. The zero-order chi connectivity index (χ0) is 13.0. The van der Waals surface area contributed by atoms with Crippen LogP contribution in [0.5, 0.6) is 0 Å². The highest BCUT2D eigenvalue weighted by Crippen LogP contribution is 2.21. The molecule has 2 atom stereocenters. The van der Waals surface area contributed by atoms with Gasteiger partial charge < -0.3 is 10.0 Å². The molecule has 1 aliphatic heterocycles. The molecular weight excluding hydrogens is 266 g/mol. The molecule has 17 heavy (non-hydrogen) atoms. The van der Waals surface area contributed by atoms with Gasteiger partial charge in [0.05, 0.1) is 0 Å². The van der Waals surface area contributed by atoms with Crippen molar-refractivity contribution < 1.29 is 23.1 Å². The van der Waals surface area contributed by atoms with Gasteiger partial charge in [0.1, 0.15) is 6.04 Å². The lowest BCUT2D eigenvalue weighted by atomic mass is 10.1. The maximum atomic E-state index is 11.9. The molecule has 1 fully saturated rings. The molecule has 0 aromatic rings. The first-order valence-corrected chi connectivity index (χ1v) is 8.01. The summed E-state index contributed by atoms with van der Waals surface area (Å²) in [6.07, 6.45) is 1.15. The number of carboxylic acid groups (broad SMARTS) is 1. The molecule has 8 heteroatoms. The number of amides is 1. The van der Waals surface area contributed by atoms with E-state index in [9.17, 15) is 18.0 Å². The summed E-state index contributed by atoms with van der Waals surface area (Å²) in [5.74, 6) is -1.59. The van der Waals surface area contributed by atoms with Crippen LogP contribution in [0.2, 0.25) is 0 Å². The number of aliphatic carboxylic acids is 1. The number of hydrogen-bond acceptors (Lipinski definition) is 5. The van der Waals surface area contributed by atoms with Gasteiger partial charge in [-0.2, -0.15) is 0 Å². The minimum Gasteiger partial charge on any atom is -0.480 e. The molecule has 1 aliphatic rings. The zero-order valence-corrected chi connectivity index (χ0v) is 11.1. The van der Waals surface area contributed by atoms with Gasteiger partial charge in [0.2, 0.25) is 5.91 Å². The van der Waals surface area contributed by atoms with Crippen molar-refractivity contribution in [1.29, 1.82) is 0 Å². The lowest BCUT2D eigenvalue weighted by Crippen LogP contribution is -2.43. The second-order valence-electron chi connectivity index (χ2n) is 3.95. The van der Waals surface area contributed by atoms with Gasteiger partial charge in [-0.3, -0.25) is 4.79 Å². The van der Waals surface area contributed by atoms with Crippen molar-refractivity contribution in [2.24, 2.45) is 5.92 Å². The number of carbonyl (C=O) groups excluding carboxylic acids is 1. The molecule has 0 radical (unpaired) electrons. The fourth-order valence-corrected chi connectivity index (χ4v) is 3.34. The number of carboxylic acids is 1. The van der Waals surface area contributed by atoms with Crippen LogP contribution in [-0.2, 0) is 19.3 Å². The molecule has 0 unspecified atom stereocenters. The monoisotopic (exact) mass is 281 g/mol. The summed E-state index contributed by atoms with van der Waals surface area (Å²) >= 11 is 0. The van der Waals surface area contributed by atoms with Crippen molar-refractivity contribution in [3.05, 3.63) is 0 Å². The third-order valence-corrected chi connectivity index (χ3v) is 4.61. The first kappa shape index (κ1) is 14.3. The molecule has 1 amide bonds. The third kappa shape index (κ3) is 3.88. The van der Waals surface area contributed by atoms with E-state index in [1.807, 2.05) is 0 Å². The molecular formula is C9H15NO5S2. The topological polar surface area (TPSA) is 91.8 Å². The Morgan fingerprint density at radius 1 is 1.53 bits per heavy atom. The van der Waals surface area contributed by atoms with E-state index in [0.29, 0.717) is 30.2 Å². The highest BCUT2D eigenvalue weighted by Gasteiger charge is 2.35. The summed E-state index contributed by atoms with van der Waals surface area (Å²) < 4.78 is 20.8. The number of rotatable bonds is 5. The molecule has 1 heterocycles. The Balaban J connectivity index is 2.59. The summed E-state index contributed by atoms with van der Waals surface area (Å²) in [5, 5.41) is 8.94. The van der Waals surface area contributed by atoms with E-state index in [1.54, 1.807) is 6.92 Å². The minimum absolute atomic E-state index is 0.167. The van der Waals surface area contributed by atoms with Crippen molar-refractivity contribution >= 4 is 32.4 Å². The predicted molar refractivity (Wildman–Crippen MR) is 64.3 cm³/mol. The lowest BCUT2D eigenvalue weighted by molar-refractivity contribution is -0.149. The summed E-state index contributed by atoms with van der Waals surface area (Å²) in [6, 6.07) is -0.754. The van der Waals surface area contributed by atoms with E-state index in [0.717, 1.165) is 0 Å². The van der Waals surface area contributed by atoms with Gasteiger partial charge >= 0.3 is 5.97 Å².